The van der Waals surface area contributed by atoms with Gasteiger partial charge in [-0.3, -0.25) is 10.4 Å². The largest absolute Gasteiger partial charge is 0.389 e. The van der Waals surface area contributed by atoms with Gasteiger partial charge in [0, 0.05) is 24.8 Å². The van der Waals surface area contributed by atoms with Crippen LogP contribution in [0.15, 0.2) is 18.5 Å². The molecule has 6 nitrogen and oxygen atoms in total. The molecule has 0 amide bonds. The first-order valence-corrected chi connectivity index (χ1v) is 4.99. The highest BCUT2D eigenvalue weighted by atomic mass is 16.3. The number of aliphatic hydroxyl groups excluding tert-OH is 2. The second kappa shape index (κ2) is 4.07. The quantitative estimate of drug-likeness (QED) is 0.375. The zero-order chi connectivity index (χ0) is 11.7. The van der Waals surface area contributed by atoms with E-state index in [9.17, 15) is 10.2 Å². The van der Waals surface area contributed by atoms with Crippen molar-refractivity contribution in [3.05, 3.63) is 24.0 Å². The average Bonchev–Trinajstić information content (AvgIpc) is 2.59. The fraction of sp³-hybridized carbons (Fsp3) is 0.400. The number of hydrogen-bond donors (Lipinski definition) is 4. The highest BCUT2D eigenvalue weighted by molar-refractivity contribution is 6.00. The monoisotopic (exact) mass is 222 g/mol. The number of nitrogens with one attached hydrogen (secondary N) is 1. The van der Waals surface area contributed by atoms with Crippen LogP contribution in [0.25, 0.3) is 0 Å². The number of nitrogens with zero attached hydrogens (tertiary/aromatic N) is 2. The van der Waals surface area contributed by atoms with Gasteiger partial charge in [0.2, 0.25) is 0 Å². The lowest BCUT2D eigenvalue weighted by Gasteiger charge is -2.20. The summed E-state index contributed by atoms with van der Waals surface area (Å²) in [6.45, 7) is 0.653. The Morgan fingerprint density at radius 1 is 1.44 bits per heavy atom. The third kappa shape index (κ3) is 1.84. The van der Waals surface area contributed by atoms with Crippen molar-refractivity contribution in [1.29, 1.82) is 5.41 Å². The lowest BCUT2D eigenvalue weighted by molar-refractivity contribution is 0.0572. The summed E-state index contributed by atoms with van der Waals surface area (Å²) in [5, 5.41) is 26.4. The maximum Gasteiger partial charge on any atom is 0.125 e. The highest BCUT2D eigenvalue weighted by Gasteiger charge is 2.30. The van der Waals surface area contributed by atoms with Crippen LogP contribution in [0.3, 0.4) is 0 Å². The Kier molecular flexibility index (Phi) is 2.76. The van der Waals surface area contributed by atoms with Crippen molar-refractivity contribution in [3.8, 4) is 0 Å². The third-order valence-corrected chi connectivity index (χ3v) is 2.69. The molecule has 5 N–H and O–H groups in total. The zero-order valence-corrected chi connectivity index (χ0v) is 8.67. The van der Waals surface area contributed by atoms with E-state index >= 15 is 0 Å². The zero-order valence-electron chi connectivity index (χ0n) is 8.67. The number of pyridine rings is 1. The van der Waals surface area contributed by atoms with E-state index in [1.54, 1.807) is 23.4 Å². The number of amidine groups is 1. The lowest BCUT2D eigenvalue weighted by atomic mass is 10.2. The number of anilines is 1. The molecule has 2 heterocycles. The maximum atomic E-state index is 9.46. The smallest absolute Gasteiger partial charge is 0.125 e. The van der Waals surface area contributed by atoms with Crippen molar-refractivity contribution in [1.82, 2.24) is 4.98 Å². The summed E-state index contributed by atoms with van der Waals surface area (Å²) in [7, 11) is 0. The molecule has 0 aliphatic carbocycles. The van der Waals surface area contributed by atoms with Crippen LogP contribution in [-0.2, 0) is 0 Å². The van der Waals surface area contributed by atoms with Gasteiger partial charge in [0.1, 0.15) is 5.84 Å². The molecular formula is C10H14N4O2. The van der Waals surface area contributed by atoms with Crippen LogP contribution in [-0.4, -0.2) is 46.3 Å². The Morgan fingerprint density at radius 2 is 2.06 bits per heavy atom. The van der Waals surface area contributed by atoms with Gasteiger partial charge in [0.15, 0.2) is 0 Å². The van der Waals surface area contributed by atoms with Crippen molar-refractivity contribution in [2.24, 2.45) is 5.73 Å². The summed E-state index contributed by atoms with van der Waals surface area (Å²) in [4.78, 5) is 5.74. The van der Waals surface area contributed by atoms with Crippen LogP contribution in [0.4, 0.5) is 5.69 Å². The van der Waals surface area contributed by atoms with Crippen molar-refractivity contribution in [2.75, 3.05) is 18.0 Å². The first kappa shape index (κ1) is 10.8. The van der Waals surface area contributed by atoms with Gasteiger partial charge in [-0.15, -0.1) is 0 Å². The number of nitrogens with two attached hydrogens (primary N) is 1. The molecule has 2 atom stereocenters. The van der Waals surface area contributed by atoms with Gasteiger partial charge in [0.25, 0.3) is 0 Å². The summed E-state index contributed by atoms with van der Waals surface area (Å²) in [6.07, 6.45) is 1.62. The SMILES string of the molecule is N=C(N)c1ccncc1N1CC(O)C(O)C1. The number of hydrogen-bond acceptors (Lipinski definition) is 5. The summed E-state index contributed by atoms with van der Waals surface area (Å²) in [5.41, 5.74) is 6.69. The number of β-amino-alcohol motifs (C(OH)–C–C–N with tert-alkyl or cyclic N) is 2. The molecule has 86 valence electrons. The number of aliphatic hydroxyl groups is 2. The molecule has 1 aliphatic rings. The molecule has 1 fully saturated rings. The molecular weight excluding hydrogens is 208 g/mol. The van der Waals surface area contributed by atoms with Crippen LogP contribution in [0.5, 0.6) is 0 Å². The highest BCUT2D eigenvalue weighted by Crippen LogP contribution is 2.23. The predicted molar refractivity (Wildman–Crippen MR) is 59.5 cm³/mol. The second-order valence-corrected chi connectivity index (χ2v) is 3.85. The van der Waals surface area contributed by atoms with Gasteiger partial charge < -0.3 is 20.8 Å². The minimum absolute atomic E-state index is 0.0479. The molecule has 2 rings (SSSR count). The molecule has 0 saturated carbocycles. The summed E-state index contributed by atoms with van der Waals surface area (Å²) in [5.74, 6) is -0.0479. The topological polar surface area (TPSA) is 106 Å². The number of aromatic nitrogens is 1. The van der Waals surface area contributed by atoms with E-state index in [1.165, 1.54) is 0 Å². The average molecular weight is 222 g/mol. The van der Waals surface area contributed by atoms with Gasteiger partial charge in [-0.2, -0.15) is 0 Å². The van der Waals surface area contributed by atoms with Crippen LogP contribution in [0, 0.1) is 5.41 Å². The minimum atomic E-state index is -0.764. The summed E-state index contributed by atoms with van der Waals surface area (Å²) >= 11 is 0. The van der Waals surface area contributed by atoms with Gasteiger partial charge in [0.05, 0.1) is 24.1 Å². The van der Waals surface area contributed by atoms with Crippen molar-refractivity contribution < 1.29 is 10.2 Å². The first-order valence-electron chi connectivity index (χ1n) is 4.99. The molecule has 0 radical (unpaired) electrons. The second-order valence-electron chi connectivity index (χ2n) is 3.85. The number of nitrogen functional groups attached to an aromatic ring is 1. The molecule has 1 aliphatic heterocycles. The molecule has 1 saturated heterocycles. The van der Waals surface area contributed by atoms with Crippen LogP contribution >= 0.6 is 0 Å². The molecule has 0 aromatic carbocycles. The minimum Gasteiger partial charge on any atom is -0.389 e. The normalized spacial score (nSPS) is 24.8. The van der Waals surface area contributed by atoms with Gasteiger partial charge in [-0.1, -0.05) is 0 Å². The van der Waals surface area contributed by atoms with Crippen molar-refractivity contribution in [2.45, 2.75) is 12.2 Å². The van der Waals surface area contributed by atoms with Crippen LogP contribution in [0.2, 0.25) is 0 Å². The third-order valence-electron chi connectivity index (χ3n) is 2.69. The molecule has 2 unspecified atom stereocenters. The predicted octanol–water partition coefficient (Wildman–Crippen LogP) is -1.09. The van der Waals surface area contributed by atoms with E-state index in [1.807, 2.05) is 0 Å². The van der Waals surface area contributed by atoms with E-state index in [0.717, 1.165) is 0 Å². The van der Waals surface area contributed by atoms with Crippen molar-refractivity contribution >= 4 is 11.5 Å². The standard InChI is InChI=1S/C10H14N4O2/c11-10(12)6-1-2-13-3-7(6)14-4-8(15)9(16)5-14/h1-3,8-9,15-16H,4-5H2,(H3,11,12). The fourth-order valence-corrected chi connectivity index (χ4v) is 1.83. The summed E-state index contributed by atoms with van der Waals surface area (Å²) in [6, 6.07) is 1.65. The summed E-state index contributed by atoms with van der Waals surface area (Å²) < 4.78 is 0. The van der Waals surface area contributed by atoms with E-state index < -0.39 is 12.2 Å². The fourth-order valence-electron chi connectivity index (χ4n) is 1.83. The van der Waals surface area contributed by atoms with Gasteiger partial charge in [-0.25, -0.2) is 0 Å². The molecule has 6 heteroatoms. The van der Waals surface area contributed by atoms with Gasteiger partial charge in [-0.05, 0) is 6.07 Å². The maximum absolute atomic E-state index is 9.46. The Bertz CT molecular complexity index is 400. The molecule has 0 spiro atoms. The Labute approximate surface area is 92.8 Å². The van der Waals surface area contributed by atoms with E-state index in [2.05, 4.69) is 4.98 Å². The Balaban J connectivity index is 2.31. The van der Waals surface area contributed by atoms with Crippen LogP contribution in [0.1, 0.15) is 5.56 Å². The lowest BCUT2D eigenvalue weighted by Crippen LogP contribution is -2.25. The van der Waals surface area contributed by atoms with Crippen molar-refractivity contribution in [3.63, 3.8) is 0 Å². The van der Waals surface area contributed by atoms with E-state index in [-0.39, 0.29) is 5.84 Å². The van der Waals surface area contributed by atoms with Crippen LogP contribution < -0.4 is 10.6 Å². The van der Waals surface area contributed by atoms with Gasteiger partial charge >= 0.3 is 0 Å². The Hall–Kier alpha value is -1.66. The van der Waals surface area contributed by atoms with E-state index in [0.29, 0.717) is 24.3 Å². The Morgan fingerprint density at radius 3 is 2.62 bits per heavy atom. The molecule has 1 aromatic heterocycles. The number of rotatable bonds is 2. The van der Waals surface area contributed by atoms with E-state index in [4.69, 9.17) is 11.1 Å². The molecule has 16 heavy (non-hydrogen) atoms. The molecule has 0 bridgehead atoms. The molecule has 1 aromatic rings. The first-order chi connectivity index (χ1) is 7.59.